The number of aromatic nitrogens is 2. The zero-order valence-electron chi connectivity index (χ0n) is 10.2. The zero-order valence-corrected chi connectivity index (χ0v) is 13.2. The number of ether oxygens (including phenoxy) is 1. The highest BCUT2D eigenvalue weighted by molar-refractivity contribution is 14.1. The quantitative estimate of drug-likeness (QED) is 0.343. The van der Waals surface area contributed by atoms with Crippen LogP contribution >= 0.6 is 34.2 Å². The fourth-order valence-corrected chi connectivity index (χ4v) is 2.07. The lowest BCUT2D eigenvalue weighted by molar-refractivity contribution is -0.145. The van der Waals surface area contributed by atoms with Gasteiger partial charge in [0, 0.05) is 17.4 Å². The van der Waals surface area contributed by atoms with E-state index in [-0.39, 0.29) is 0 Å². The standard InChI is InChI=1S/C14H10ClIN2O2/c1-2-12(16)20-14(19)13(18-8-7-17-9-18)10-3-5-11(15)6-4-10/h1,3-9,12-13H. The summed E-state index contributed by atoms with van der Waals surface area (Å²) in [5.41, 5.74) is 0.748. The van der Waals surface area contributed by atoms with Crippen molar-refractivity contribution in [2.75, 3.05) is 0 Å². The Bertz CT molecular complexity index is 620. The van der Waals surface area contributed by atoms with Gasteiger partial charge in [-0.15, -0.1) is 6.42 Å². The monoisotopic (exact) mass is 400 g/mol. The van der Waals surface area contributed by atoms with Gasteiger partial charge in [0.25, 0.3) is 0 Å². The fourth-order valence-electron chi connectivity index (χ4n) is 1.70. The summed E-state index contributed by atoms with van der Waals surface area (Å²) < 4.78 is 6.25. The van der Waals surface area contributed by atoms with Crippen LogP contribution in [0, 0.1) is 12.3 Å². The van der Waals surface area contributed by atoms with E-state index in [4.69, 9.17) is 22.8 Å². The Labute approximate surface area is 135 Å². The molecule has 0 saturated heterocycles. The predicted octanol–water partition coefficient (Wildman–Crippen LogP) is 3.06. The van der Waals surface area contributed by atoms with Crippen LogP contribution in [0.3, 0.4) is 0 Å². The molecule has 0 saturated carbocycles. The minimum Gasteiger partial charge on any atom is -0.437 e. The van der Waals surface area contributed by atoms with Crippen molar-refractivity contribution in [1.29, 1.82) is 0 Å². The number of alkyl halides is 1. The predicted molar refractivity (Wildman–Crippen MR) is 84.6 cm³/mol. The topological polar surface area (TPSA) is 44.1 Å². The molecule has 2 rings (SSSR count). The highest BCUT2D eigenvalue weighted by Gasteiger charge is 2.25. The molecule has 4 nitrogen and oxygen atoms in total. The van der Waals surface area contributed by atoms with E-state index in [0.717, 1.165) is 5.56 Å². The smallest absolute Gasteiger partial charge is 0.335 e. The van der Waals surface area contributed by atoms with E-state index in [1.165, 1.54) is 0 Å². The SMILES string of the molecule is C#CC(I)OC(=O)C(c1ccc(Cl)cc1)n1ccnc1. The van der Waals surface area contributed by atoms with Gasteiger partial charge in [-0.2, -0.15) is 0 Å². The van der Waals surface area contributed by atoms with Crippen LogP contribution in [0.25, 0.3) is 0 Å². The van der Waals surface area contributed by atoms with Crippen LogP contribution in [-0.2, 0) is 9.53 Å². The van der Waals surface area contributed by atoms with Crippen molar-refractivity contribution in [3.63, 3.8) is 0 Å². The number of esters is 1. The highest BCUT2D eigenvalue weighted by atomic mass is 127. The molecule has 0 fully saturated rings. The summed E-state index contributed by atoms with van der Waals surface area (Å²) in [6.07, 6.45) is 10.1. The second kappa shape index (κ2) is 6.77. The van der Waals surface area contributed by atoms with Crippen LogP contribution in [-0.4, -0.2) is 19.6 Å². The molecule has 6 heteroatoms. The first-order chi connectivity index (χ1) is 9.61. The second-order valence-corrected chi connectivity index (χ2v) is 5.45. The van der Waals surface area contributed by atoms with Crippen LogP contribution < -0.4 is 0 Å². The van der Waals surface area contributed by atoms with E-state index in [0.29, 0.717) is 5.02 Å². The molecular formula is C14H10ClIN2O2. The Kier molecular flexibility index (Phi) is 5.04. The molecule has 1 aromatic heterocycles. The van der Waals surface area contributed by atoms with Crippen molar-refractivity contribution in [3.05, 3.63) is 53.6 Å². The average molecular weight is 401 g/mol. The number of halogens is 2. The highest BCUT2D eigenvalue weighted by Crippen LogP contribution is 2.23. The first-order valence-corrected chi connectivity index (χ1v) is 7.28. The summed E-state index contributed by atoms with van der Waals surface area (Å²) in [4.78, 5) is 16.2. The Morgan fingerprint density at radius 3 is 2.70 bits per heavy atom. The van der Waals surface area contributed by atoms with Gasteiger partial charge in [0.1, 0.15) is 0 Å². The summed E-state index contributed by atoms with van der Waals surface area (Å²) in [6.45, 7) is 0. The molecule has 1 heterocycles. The molecule has 102 valence electrons. The number of hydrogen-bond donors (Lipinski definition) is 0. The summed E-state index contributed by atoms with van der Waals surface area (Å²) in [7, 11) is 0. The largest absolute Gasteiger partial charge is 0.437 e. The van der Waals surface area contributed by atoms with Crippen LogP contribution in [0.2, 0.25) is 5.02 Å². The van der Waals surface area contributed by atoms with Gasteiger partial charge in [0.2, 0.25) is 4.11 Å². The van der Waals surface area contributed by atoms with Gasteiger partial charge >= 0.3 is 5.97 Å². The van der Waals surface area contributed by atoms with Crippen molar-refractivity contribution in [2.45, 2.75) is 10.2 Å². The van der Waals surface area contributed by atoms with Gasteiger partial charge in [-0.1, -0.05) is 29.7 Å². The van der Waals surface area contributed by atoms with Gasteiger partial charge in [-0.3, -0.25) is 0 Å². The summed E-state index contributed by atoms with van der Waals surface area (Å²) in [5, 5.41) is 0.599. The lowest BCUT2D eigenvalue weighted by Crippen LogP contribution is -2.24. The number of nitrogens with zero attached hydrogens (tertiary/aromatic N) is 2. The molecule has 0 aliphatic carbocycles. The van der Waals surface area contributed by atoms with Gasteiger partial charge in [0.05, 0.1) is 6.33 Å². The maximum Gasteiger partial charge on any atom is 0.335 e. The van der Waals surface area contributed by atoms with Gasteiger partial charge < -0.3 is 9.30 Å². The van der Waals surface area contributed by atoms with Crippen molar-refractivity contribution in [3.8, 4) is 12.3 Å². The van der Waals surface area contributed by atoms with E-state index in [1.807, 2.05) is 22.6 Å². The molecule has 2 aromatic rings. The van der Waals surface area contributed by atoms with E-state index < -0.39 is 16.1 Å². The third-order valence-electron chi connectivity index (χ3n) is 2.58. The first kappa shape index (κ1) is 14.9. The maximum absolute atomic E-state index is 12.3. The molecule has 2 atom stereocenters. The lowest BCUT2D eigenvalue weighted by atomic mass is 10.1. The third-order valence-corrected chi connectivity index (χ3v) is 3.45. The molecule has 20 heavy (non-hydrogen) atoms. The molecule has 0 amide bonds. The van der Waals surface area contributed by atoms with Crippen molar-refractivity contribution in [1.82, 2.24) is 9.55 Å². The van der Waals surface area contributed by atoms with Gasteiger partial charge in [-0.05, 0) is 40.3 Å². The number of carbonyl (C=O) groups is 1. The minimum atomic E-state index is -0.639. The van der Waals surface area contributed by atoms with Crippen molar-refractivity contribution in [2.24, 2.45) is 0 Å². The molecule has 1 aromatic carbocycles. The third kappa shape index (κ3) is 3.52. The number of benzene rings is 1. The summed E-state index contributed by atoms with van der Waals surface area (Å²) in [5.74, 6) is 1.91. The van der Waals surface area contributed by atoms with E-state index in [1.54, 1.807) is 47.6 Å². The van der Waals surface area contributed by atoms with Crippen molar-refractivity contribution >= 4 is 40.2 Å². The van der Waals surface area contributed by atoms with Crippen LogP contribution in [0.15, 0.2) is 43.0 Å². The van der Waals surface area contributed by atoms with Crippen LogP contribution in [0.1, 0.15) is 11.6 Å². The van der Waals surface area contributed by atoms with Crippen LogP contribution in [0.4, 0.5) is 0 Å². The normalized spacial score (nSPS) is 13.2. The number of hydrogen-bond acceptors (Lipinski definition) is 3. The molecule has 0 aliphatic rings. The molecule has 0 spiro atoms. The Morgan fingerprint density at radius 2 is 2.15 bits per heavy atom. The Balaban J connectivity index is 2.33. The molecular weight excluding hydrogens is 391 g/mol. The lowest BCUT2D eigenvalue weighted by Gasteiger charge is -2.18. The molecule has 0 radical (unpaired) electrons. The molecule has 0 aliphatic heterocycles. The zero-order chi connectivity index (χ0) is 14.5. The number of imidazole rings is 1. The molecule has 2 unspecified atom stereocenters. The van der Waals surface area contributed by atoms with Crippen LogP contribution in [0.5, 0.6) is 0 Å². The first-order valence-electron chi connectivity index (χ1n) is 5.65. The maximum atomic E-state index is 12.3. The second-order valence-electron chi connectivity index (χ2n) is 3.88. The van der Waals surface area contributed by atoms with E-state index >= 15 is 0 Å². The van der Waals surface area contributed by atoms with Gasteiger partial charge in [-0.25, -0.2) is 9.78 Å². The number of carbonyl (C=O) groups excluding carboxylic acids is 1. The molecule has 0 N–H and O–H groups in total. The van der Waals surface area contributed by atoms with Crippen molar-refractivity contribution < 1.29 is 9.53 Å². The summed E-state index contributed by atoms with van der Waals surface area (Å²) >= 11 is 7.74. The molecule has 0 bridgehead atoms. The number of rotatable bonds is 4. The summed E-state index contributed by atoms with van der Waals surface area (Å²) in [6, 6.07) is 6.34. The van der Waals surface area contributed by atoms with E-state index in [9.17, 15) is 4.79 Å². The Morgan fingerprint density at radius 1 is 1.45 bits per heavy atom. The van der Waals surface area contributed by atoms with E-state index in [2.05, 4.69) is 10.9 Å². The minimum absolute atomic E-state index is 0.442. The Hall–Kier alpha value is -1.52. The number of terminal acetylenes is 1. The average Bonchev–Trinajstić information content (AvgIpc) is 2.95. The fraction of sp³-hybridized carbons (Fsp3) is 0.143. The van der Waals surface area contributed by atoms with Gasteiger partial charge in [0.15, 0.2) is 6.04 Å².